The second kappa shape index (κ2) is 6.93. The van der Waals surface area contributed by atoms with Gasteiger partial charge in [-0.05, 0) is 24.6 Å². The standard InChI is InChI=1S/C17H16FN3OS/c1-11-6-8-12(9-7-11)15(22)10-23-17-19-16(20-21-17)13-4-2-3-5-14(13)18/h2-9,15,22H,10H2,1H3,(H,19,20,21). The van der Waals surface area contributed by atoms with Gasteiger partial charge in [-0.25, -0.2) is 9.37 Å². The van der Waals surface area contributed by atoms with E-state index >= 15 is 0 Å². The van der Waals surface area contributed by atoms with Crippen LogP contribution in [-0.4, -0.2) is 26.0 Å². The molecule has 2 aromatic carbocycles. The molecular formula is C17H16FN3OS. The maximum Gasteiger partial charge on any atom is 0.208 e. The fourth-order valence-electron chi connectivity index (χ4n) is 2.12. The number of rotatable bonds is 5. The molecule has 0 spiro atoms. The van der Waals surface area contributed by atoms with Crippen LogP contribution >= 0.6 is 11.8 Å². The highest BCUT2D eigenvalue weighted by Gasteiger charge is 2.13. The first kappa shape index (κ1) is 15.7. The zero-order valence-electron chi connectivity index (χ0n) is 12.5. The molecule has 6 heteroatoms. The average Bonchev–Trinajstić information content (AvgIpc) is 3.02. The first-order valence-corrected chi connectivity index (χ1v) is 8.17. The number of aryl methyl sites for hydroxylation is 1. The van der Waals surface area contributed by atoms with Crippen molar-refractivity contribution >= 4 is 11.8 Å². The molecule has 0 saturated heterocycles. The van der Waals surface area contributed by atoms with Crippen molar-refractivity contribution in [2.45, 2.75) is 18.2 Å². The highest BCUT2D eigenvalue weighted by molar-refractivity contribution is 7.99. The molecule has 0 radical (unpaired) electrons. The molecule has 0 bridgehead atoms. The molecule has 0 saturated carbocycles. The lowest BCUT2D eigenvalue weighted by Gasteiger charge is -2.09. The summed E-state index contributed by atoms with van der Waals surface area (Å²) in [6.07, 6.45) is -0.601. The number of H-pyrrole nitrogens is 1. The first-order chi connectivity index (χ1) is 11.1. The van der Waals surface area contributed by atoms with Gasteiger partial charge in [-0.1, -0.05) is 53.7 Å². The smallest absolute Gasteiger partial charge is 0.208 e. The highest BCUT2D eigenvalue weighted by Crippen LogP contribution is 2.25. The van der Waals surface area contributed by atoms with E-state index in [1.54, 1.807) is 18.2 Å². The molecule has 0 fully saturated rings. The van der Waals surface area contributed by atoms with Crippen LogP contribution in [0.1, 0.15) is 17.2 Å². The molecule has 0 amide bonds. The van der Waals surface area contributed by atoms with Crippen LogP contribution in [0.5, 0.6) is 0 Å². The fraction of sp³-hybridized carbons (Fsp3) is 0.176. The third kappa shape index (κ3) is 3.78. The molecule has 2 N–H and O–H groups in total. The summed E-state index contributed by atoms with van der Waals surface area (Å²) in [5.74, 6) is 0.466. The van der Waals surface area contributed by atoms with Crippen LogP contribution < -0.4 is 0 Å². The van der Waals surface area contributed by atoms with Gasteiger partial charge in [0.25, 0.3) is 0 Å². The summed E-state index contributed by atoms with van der Waals surface area (Å²) in [7, 11) is 0. The molecule has 4 nitrogen and oxygen atoms in total. The van der Waals surface area contributed by atoms with E-state index < -0.39 is 6.10 Å². The highest BCUT2D eigenvalue weighted by atomic mass is 32.2. The zero-order valence-corrected chi connectivity index (χ0v) is 13.3. The molecule has 3 rings (SSSR count). The monoisotopic (exact) mass is 329 g/mol. The second-order valence-corrected chi connectivity index (χ2v) is 6.17. The van der Waals surface area contributed by atoms with E-state index in [1.807, 2.05) is 31.2 Å². The number of aliphatic hydroxyl groups is 1. The number of hydrogen-bond donors (Lipinski definition) is 2. The van der Waals surface area contributed by atoms with Crippen molar-refractivity contribution in [1.29, 1.82) is 0 Å². The van der Waals surface area contributed by atoms with Crippen molar-refractivity contribution in [3.63, 3.8) is 0 Å². The molecular weight excluding hydrogens is 313 g/mol. The third-order valence-corrected chi connectivity index (χ3v) is 4.35. The van der Waals surface area contributed by atoms with E-state index in [4.69, 9.17) is 0 Å². The van der Waals surface area contributed by atoms with Gasteiger partial charge in [0.15, 0.2) is 5.82 Å². The second-order valence-electron chi connectivity index (χ2n) is 5.18. The topological polar surface area (TPSA) is 61.8 Å². The number of hydrogen-bond acceptors (Lipinski definition) is 4. The Balaban J connectivity index is 1.65. The number of nitrogens with zero attached hydrogens (tertiary/aromatic N) is 2. The fourth-order valence-corrected chi connectivity index (χ4v) is 2.89. The van der Waals surface area contributed by atoms with Crippen LogP contribution in [0, 0.1) is 12.7 Å². The molecule has 0 aliphatic rings. The van der Waals surface area contributed by atoms with Gasteiger partial charge in [-0.15, -0.1) is 5.10 Å². The van der Waals surface area contributed by atoms with Gasteiger partial charge in [-0.2, -0.15) is 0 Å². The molecule has 1 aromatic heterocycles. The van der Waals surface area contributed by atoms with E-state index in [2.05, 4.69) is 15.2 Å². The van der Waals surface area contributed by atoms with Crippen molar-refractivity contribution in [2.75, 3.05) is 5.75 Å². The minimum atomic E-state index is -0.601. The van der Waals surface area contributed by atoms with Gasteiger partial charge in [0.05, 0.1) is 11.7 Å². The van der Waals surface area contributed by atoms with Crippen molar-refractivity contribution in [2.24, 2.45) is 0 Å². The van der Waals surface area contributed by atoms with Gasteiger partial charge < -0.3 is 5.11 Å². The molecule has 1 unspecified atom stereocenters. The first-order valence-electron chi connectivity index (χ1n) is 7.18. The van der Waals surface area contributed by atoms with Gasteiger partial charge in [0, 0.05) is 5.75 Å². The summed E-state index contributed by atoms with van der Waals surface area (Å²) in [5.41, 5.74) is 2.39. The molecule has 23 heavy (non-hydrogen) atoms. The minimum Gasteiger partial charge on any atom is -0.388 e. The number of halogens is 1. The lowest BCUT2D eigenvalue weighted by atomic mass is 10.1. The Labute approximate surface area is 137 Å². The lowest BCUT2D eigenvalue weighted by Crippen LogP contribution is -2.00. The Morgan fingerprint density at radius 1 is 1.17 bits per heavy atom. The number of nitrogens with one attached hydrogen (secondary N) is 1. The lowest BCUT2D eigenvalue weighted by molar-refractivity contribution is 0.204. The van der Waals surface area contributed by atoms with Crippen LogP contribution in [0.2, 0.25) is 0 Å². The van der Waals surface area contributed by atoms with Gasteiger partial charge in [-0.3, -0.25) is 5.10 Å². The van der Waals surface area contributed by atoms with Crippen molar-refractivity contribution < 1.29 is 9.50 Å². The van der Waals surface area contributed by atoms with E-state index in [1.165, 1.54) is 17.8 Å². The Morgan fingerprint density at radius 2 is 1.91 bits per heavy atom. The van der Waals surface area contributed by atoms with Crippen LogP contribution in [0.3, 0.4) is 0 Å². The molecule has 0 aliphatic carbocycles. The van der Waals surface area contributed by atoms with E-state index in [0.29, 0.717) is 22.3 Å². The van der Waals surface area contributed by atoms with Crippen LogP contribution in [0.25, 0.3) is 11.4 Å². The predicted molar refractivity (Wildman–Crippen MR) is 88.6 cm³/mol. The van der Waals surface area contributed by atoms with Crippen molar-refractivity contribution in [3.8, 4) is 11.4 Å². The summed E-state index contributed by atoms with van der Waals surface area (Å²) in [6, 6.07) is 14.1. The Kier molecular flexibility index (Phi) is 4.73. The van der Waals surface area contributed by atoms with E-state index in [0.717, 1.165) is 11.1 Å². The molecule has 3 aromatic rings. The van der Waals surface area contributed by atoms with Crippen molar-refractivity contribution in [1.82, 2.24) is 15.2 Å². The van der Waals surface area contributed by atoms with E-state index in [-0.39, 0.29) is 5.82 Å². The number of benzene rings is 2. The Bertz CT molecular complexity index is 789. The average molecular weight is 329 g/mol. The summed E-state index contributed by atoms with van der Waals surface area (Å²) < 4.78 is 13.7. The quantitative estimate of drug-likeness (QED) is 0.700. The van der Waals surface area contributed by atoms with Gasteiger partial charge in [0.2, 0.25) is 5.16 Å². The Morgan fingerprint density at radius 3 is 2.65 bits per heavy atom. The molecule has 1 heterocycles. The molecule has 118 valence electrons. The summed E-state index contributed by atoms with van der Waals surface area (Å²) >= 11 is 1.32. The SMILES string of the molecule is Cc1ccc(C(O)CSc2n[nH]c(-c3ccccc3F)n2)cc1. The summed E-state index contributed by atoms with van der Waals surface area (Å²) in [4.78, 5) is 4.27. The minimum absolute atomic E-state index is 0.347. The summed E-state index contributed by atoms with van der Waals surface area (Å²) in [6.45, 7) is 2.00. The third-order valence-electron chi connectivity index (χ3n) is 3.43. The van der Waals surface area contributed by atoms with Crippen LogP contribution in [0.15, 0.2) is 53.7 Å². The van der Waals surface area contributed by atoms with E-state index in [9.17, 15) is 9.50 Å². The molecule has 0 aliphatic heterocycles. The van der Waals surface area contributed by atoms with Gasteiger partial charge in [0.1, 0.15) is 5.82 Å². The number of aliphatic hydroxyl groups excluding tert-OH is 1. The zero-order chi connectivity index (χ0) is 16.2. The van der Waals surface area contributed by atoms with Crippen LogP contribution in [0.4, 0.5) is 4.39 Å². The number of aromatic amines is 1. The maximum atomic E-state index is 13.7. The number of aromatic nitrogens is 3. The van der Waals surface area contributed by atoms with Gasteiger partial charge >= 0.3 is 0 Å². The predicted octanol–water partition coefficient (Wildman–Crippen LogP) is 3.74. The molecule has 1 atom stereocenters. The normalized spacial score (nSPS) is 12.3. The summed E-state index contributed by atoms with van der Waals surface area (Å²) in [5, 5.41) is 17.5. The van der Waals surface area contributed by atoms with Crippen molar-refractivity contribution in [3.05, 3.63) is 65.5 Å². The maximum absolute atomic E-state index is 13.7. The largest absolute Gasteiger partial charge is 0.388 e. The number of thioether (sulfide) groups is 1. The Hall–Kier alpha value is -2.18. The van der Waals surface area contributed by atoms with Crippen LogP contribution in [-0.2, 0) is 0 Å².